The first-order chi connectivity index (χ1) is 12.9. The molecule has 0 fully saturated rings. The topological polar surface area (TPSA) is 59.8 Å². The third-order valence-electron chi connectivity index (χ3n) is 4.53. The lowest BCUT2D eigenvalue weighted by Crippen LogP contribution is -2.26. The minimum Gasteiger partial charge on any atom is -0.497 e. The van der Waals surface area contributed by atoms with Gasteiger partial charge in [0, 0.05) is 35.4 Å². The van der Waals surface area contributed by atoms with Crippen LogP contribution >= 0.6 is 27.3 Å². The number of fused-ring (bicyclic) bond motifs is 1. The van der Waals surface area contributed by atoms with Gasteiger partial charge < -0.3 is 14.1 Å². The number of hydrogen-bond donors (Lipinski definition) is 0. The molecule has 0 atom stereocenters. The number of carbonyl (C=O) groups excluding carboxylic acids is 1. The minimum atomic E-state index is -0.397. The highest BCUT2D eigenvalue weighted by Crippen LogP contribution is 2.25. The van der Waals surface area contributed by atoms with Crippen molar-refractivity contribution in [2.45, 2.75) is 26.3 Å². The summed E-state index contributed by atoms with van der Waals surface area (Å²) in [6, 6.07) is 9.37. The molecule has 0 saturated carbocycles. The number of thiophene rings is 1. The number of rotatable bonds is 6. The second-order valence-electron chi connectivity index (χ2n) is 6.31. The fourth-order valence-electron chi connectivity index (χ4n) is 2.97. The van der Waals surface area contributed by atoms with Crippen molar-refractivity contribution in [3.8, 4) is 5.75 Å². The van der Waals surface area contributed by atoms with Crippen molar-refractivity contribution in [3.63, 3.8) is 0 Å². The summed E-state index contributed by atoms with van der Waals surface area (Å²) in [5.41, 5.74) is 1.49. The first-order valence-corrected chi connectivity index (χ1v) is 10.1. The number of methoxy groups -OCH3 is 1. The molecule has 2 heterocycles. The van der Waals surface area contributed by atoms with Crippen LogP contribution in [0, 0.1) is 6.92 Å². The Morgan fingerprint density at radius 3 is 2.74 bits per heavy atom. The fraction of sp³-hybridized carbons (Fsp3) is 0.300. The van der Waals surface area contributed by atoms with Crippen molar-refractivity contribution >= 4 is 44.1 Å². The lowest BCUT2D eigenvalue weighted by atomic mass is 10.0. The molecule has 0 aliphatic rings. The largest absolute Gasteiger partial charge is 0.497 e. The molecule has 142 valence electrons. The molecule has 3 aromatic rings. The van der Waals surface area contributed by atoms with E-state index in [1.165, 1.54) is 0 Å². The number of carbonyl (C=O) groups is 1. The first kappa shape index (κ1) is 19.6. The number of amides is 1. The molecule has 27 heavy (non-hydrogen) atoms. The molecular formula is C20H20BrNO4S. The van der Waals surface area contributed by atoms with E-state index in [4.69, 9.17) is 9.15 Å². The van der Waals surface area contributed by atoms with Crippen molar-refractivity contribution in [3.05, 3.63) is 60.5 Å². The molecule has 7 heteroatoms. The average molecular weight is 450 g/mol. The van der Waals surface area contributed by atoms with E-state index in [2.05, 4.69) is 15.9 Å². The summed E-state index contributed by atoms with van der Waals surface area (Å²) >= 11 is 5.03. The Balaban J connectivity index is 1.74. The molecule has 0 spiro atoms. The Morgan fingerprint density at radius 2 is 2.07 bits per heavy atom. The van der Waals surface area contributed by atoms with E-state index < -0.39 is 5.63 Å². The van der Waals surface area contributed by atoms with Crippen molar-refractivity contribution in [1.82, 2.24) is 4.90 Å². The maximum absolute atomic E-state index is 12.5. The van der Waals surface area contributed by atoms with E-state index in [1.54, 1.807) is 36.5 Å². The fourth-order valence-corrected chi connectivity index (χ4v) is 4.51. The molecule has 0 bridgehead atoms. The predicted molar refractivity (Wildman–Crippen MR) is 111 cm³/mol. The van der Waals surface area contributed by atoms with Gasteiger partial charge in [0.2, 0.25) is 5.91 Å². The monoisotopic (exact) mass is 449 g/mol. The Hall–Kier alpha value is -2.12. The zero-order valence-electron chi connectivity index (χ0n) is 15.4. The van der Waals surface area contributed by atoms with Crippen molar-refractivity contribution in [2.75, 3.05) is 14.2 Å². The van der Waals surface area contributed by atoms with E-state index in [0.29, 0.717) is 29.9 Å². The molecule has 0 unspecified atom stereocenters. The van der Waals surface area contributed by atoms with Gasteiger partial charge in [-0.15, -0.1) is 11.3 Å². The highest BCUT2D eigenvalue weighted by molar-refractivity contribution is 9.11. The zero-order chi connectivity index (χ0) is 19.6. The number of halogens is 1. The van der Waals surface area contributed by atoms with Gasteiger partial charge in [-0.05, 0) is 59.1 Å². The molecule has 0 radical (unpaired) electrons. The van der Waals surface area contributed by atoms with E-state index >= 15 is 0 Å². The molecule has 0 aliphatic heterocycles. The number of nitrogens with zero attached hydrogens (tertiary/aromatic N) is 1. The van der Waals surface area contributed by atoms with Crippen LogP contribution in [0.4, 0.5) is 0 Å². The zero-order valence-corrected chi connectivity index (χ0v) is 17.8. The summed E-state index contributed by atoms with van der Waals surface area (Å²) in [6.07, 6.45) is 0.615. The predicted octanol–water partition coefficient (Wildman–Crippen LogP) is 4.53. The molecule has 2 aromatic heterocycles. The normalized spacial score (nSPS) is 11.0. The van der Waals surface area contributed by atoms with Gasteiger partial charge in [-0.1, -0.05) is 0 Å². The summed E-state index contributed by atoms with van der Waals surface area (Å²) < 4.78 is 11.7. The lowest BCUT2D eigenvalue weighted by Gasteiger charge is -2.16. The first-order valence-electron chi connectivity index (χ1n) is 8.47. The molecule has 1 aromatic carbocycles. The van der Waals surface area contributed by atoms with E-state index in [9.17, 15) is 9.59 Å². The van der Waals surface area contributed by atoms with Crippen LogP contribution in [0.5, 0.6) is 5.75 Å². The quantitative estimate of drug-likeness (QED) is 0.518. The summed E-state index contributed by atoms with van der Waals surface area (Å²) in [7, 11) is 3.34. The van der Waals surface area contributed by atoms with Gasteiger partial charge in [-0.2, -0.15) is 0 Å². The smallest absolute Gasteiger partial charge is 0.339 e. The number of hydrogen-bond acceptors (Lipinski definition) is 5. The number of ether oxygens (including phenoxy) is 1. The highest BCUT2D eigenvalue weighted by Gasteiger charge is 2.16. The second-order valence-corrected chi connectivity index (χ2v) is 8.86. The summed E-state index contributed by atoms with van der Waals surface area (Å²) in [6.45, 7) is 2.44. The molecular weight excluding hydrogens is 430 g/mol. The molecule has 3 rings (SSSR count). The standard InChI is InChI=1S/C20H20BrNO4S/c1-12-15-6-4-13(25-3)10-17(15)26-20(24)16(12)7-9-19(23)22(2)11-14-5-8-18(21)27-14/h4-6,8,10H,7,9,11H2,1-3H3. The van der Waals surface area contributed by atoms with Crippen LogP contribution in [0.25, 0.3) is 11.0 Å². The lowest BCUT2D eigenvalue weighted by molar-refractivity contribution is -0.130. The van der Waals surface area contributed by atoms with Crippen LogP contribution in [0.2, 0.25) is 0 Å². The third-order valence-corrected chi connectivity index (χ3v) is 6.14. The molecule has 0 saturated heterocycles. The highest BCUT2D eigenvalue weighted by atomic mass is 79.9. The van der Waals surface area contributed by atoms with Gasteiger partial charge in [0.15, 0.2) is 0 Å². The van der Waals surface area contributed by atoms with E-state index in [0.717, 1.165) is 19.6 Å². The van der Waals surface area contributed by atoms with Gasteiger partial charge in [-0.25, -0.2) is 4.79 Å². The maximum Gasteiger partial charge on any atom is 0.339 e. The van der Waals surface area contributed by atoms with E-state index in [1.807, 2.05) is 31.2 Å². The van der Waals surface area contributed by atoms with Gasteiger partial charge in [0.05, 0.1) is 17.4 Å². The van der Waals surface area contributed by atoms with Gasteiger partial charge in [-0.3, -0.25) is 4.79 Å². The average Bonchev–Trinajstić information content (AvgIpc) is 3.05. The molecule has 0 aliphatic carbocycles. The van der Waals surface area contributed by atoms with Crippen LogP contribution in [-0.2, 0) is 17.8 Å². The summed E-state index contributed by atoms with van der Waals surface area (Å²) in [5.74, 6) is 0.628. The number of benzene rings is 1. The van der Waals surface area contributed by atoms with Gasteiger partial charge in [0.25, 0.3) is 0 Å². The number of aryl methyl sites for hydroxylation is 1. The SMILES string of the molecule is COc1ccc2c(C)c(CCC(=O)N(C)Cc3ccc(Br)s3)c(=O)oc2c1. The molecule has 0 N–H and O–H groups in total. The third kappa shape index (κ3) is 4.42. The van der Waals surface area contributed by atoms with Gasteiger partial charge in [0.1, 0.15) is 11.3 Å². The van der Waals surface area contributed by atoms with Crippen LogP contribution in [0.15, 0.2) is 43.3 Å². The Bertz CT molecular complexity index is 1040. The van der Waals surface area contributed by atoms with E-state index in [-0.39, 0.29) is 12.3 Å². The van der Waals surface area contributed by atoms with Crippen LogP contribution in [0.3, 0.4) is 0 Å². The van der Waals surface area contributed by atoms with Crippen LogP contribution in [0.1, 0.15) is 22.4 Å². The summed E-state index contributed by atoms with van der Waals surface area (Å²) in [5, 5.41) is 0.856. The maximum atomic E-state index is 12.5. The molecule has 1 amide bonds. The Labute approximate surface area is 169 Å². The summed E-state index contributed by atoms with van der Waals surface area (Å²) in [4.78, 5) is 27.6. The van der Waals surface area contributed by atoms with Crippen molar-refractivity contribution in [2.24, 2.45) is 0 Å². The second kappa shape index (κ2) is 8.27. The minimum absolute atomic E-state index is 0.00634. The van der Waals surface area contributed by atoms with Crippen molar-refractivity contribution < 1.29 is 13.9 Å². The molecule has 5 nitrogen and oxygen atoms in total. The van der Waals surface area contributed by atoms with Gasteiger partial charge >= 0.3 is 5.63 Å². The Morgan fingerprint density at radius 1 is 1.30 bits per heavy atom. The van der Waals surface area contributed by atoms with Crippen LogP contribution < -0.4 is 10.4 Å². The van der Waals surface area contributed by atoms with Crippen LogP contribution in [-0.4, -0.2) is 25.0 Å². The van der Waals surface area contributed by atoms with Crippen molar-refractivity contribution in [1.29, 1.82) is 0 Å². The Kier molecular flexibility index (Phi) is 6.01.